The van der Waals surface area contributed by atoms with Crippen molar-refractivity contribution in [3.05, 3.63) is 0 Å². The molecule has 0 spiro atoms. The molecule has 0 aromatic rings. The van der Waals surface area contributed by atoms with Gasteiger partial charge in [-0.25, -0.2) is 0 Å². The van der Waals surface area contributed by atoms with Crippen molar-refractivity contribution in [2.24, 2.45) is 11.7 Å². The molecule has 0 radical (unpaired) electrons. The minimum absolute atomic E-state index is 0.864. The van der Waals surface area contributed by atoms with Crippen LogP contribution in [0.15, 0.2) is 0 Å². The van der Waals surface area contributed by atoms with Crippen LogP contribution >= 0.6 is 0 Å². The van der Waals surface area contributed by atoms with Crippen molar-refractivity contribution < 1.29 is 0 Å². The summed E-state index contributed by atoms with van der Waals surface area (Å²) < 4.78 is 0. The first-order valence-electron chi connectivity index (χ1n) is 4.92. The van der Waals surface area contributed by atoms with E-state index in [2.05, 4.69) is 16.8 Å². The zero-order chi connectivity index (χ0) is 8.55. The van der Waals surface area contributed by atoms with Gasteiger partial charge in [0, 0.05) is 32.2 Å². The van der Waals surface area contributed by atoms with E-state index in [1.54, 1.807) is 0 Å². The fraction of sp³-hybridized carbons (Fsp3) is 1.00. The average Bonchev–Trinajstić information content (AvgIpc) is 1.90. The van der Waals surface area contributed by atoms with E-state index in [-0.39, 0.29) is 0 Å². The van der Waals surface area contributed by atoms with Crippen molar-refractivity contribution in [2.45, 2.75) is 12.5 Å². The fourth-order valence-corrected chi connectivity index (χ4v) is 2.22. The van der Waals surface area contributed by atoms with Gasteiger partial charge in [-0.2, -0.15) is 0 Å². The van der Waals surface area contributed by atoms with Crippen molar-refractivity contribution in [1.82, 2.24) is 9.80 Å². The van der Waals surface area contributed by atoms with E-state index in [9.17, 15) is 0 Å². The molecule has 0 bridgehead atoms. The maximum Gasteiger partial charge on any atom is 0.0350 e. The highest BCUT2D eigenvalue weighted by atomic mass is 15.3. The highest BCUT2D eigenvalue weighted by Gasteiger charge is 2.36. The number of likely N-dealkylation sites (tertiary alicyclic amines) is 2. The van der Waals surface area contributed by atoms with Gasteiger partial charge in [-0.05, 0) is 25.9 Å². The molecule has 3 nitrogen and oxygen atoms in total. The molecule has 2 heterocycles. The van der Waals surface area contributed by atoms with Gasteiger partial charge in [0.25, 0.3) is 0 Å². The molecule has 0 unspecified atom stereocenters. The summed E-state index contributed by atoms with van der Waals surface area (Å²) in [7, 11) is 2.19. The van der Waals surface area contributed by atoms with E-state index in [4.69, 9.17) is 5.73 Å². The number of rotatable bonds is 3. The molecule has 0 aromatic heterocycles. The van der Waals surface area contributed by atoms with Gasteiger partial charge in [-0.3, -0.25) is 4.90 Å². The Morgan fingerprint density at radius 1 is 1.25 bits per heavy atom. The zero-order valence-electron chi connectivity index (χ0n) is 7.87. The van der Waals surface area contributed by atoms with Gasteiger partial charge in [-0.15, -0.1) is 0 Å². The van der Waals surface area contributed by atoms with E-state index < -0.39 is 0 Å². The molecule has 2 fully saturated rings. The number of hydrogen-bond acceptors (Lipinski definition) is 3. The van der Waals surface area contributed by atoms with Gasteiger partial charge in [-0.1, -0.05) is 0 Å². The van der Waals surface area contributed by atoms with Crippen molar-refractivity contribution in [1.29, 1.82) is 0 Å². The summed E-state index contributed by atoms with van der Waals surface area (Å²) in [6.07, 6.45) is 1.22. The van der Waals surface area contributed by atoms with Gasteiger partial charge < -0.3 is 10.6 Å². The van der Waals surface area contributed by atoms with E-state index >= 15 is 0 Å². The lowest BCUT2D eigenvalue weighted by Crippen LogP contribution is -2.64. The quantitative estimate of drug-likeness (QED) is 0.623. The standard InChI is InChI=1S/C9H19N3/c1-11-6-9(7-11)12-4-8(5-12)2-3-10/h8-9H,2-7,10H2,1H3. The van der Waals surface area contributed by atoms with Gasteiger partial charge in [0.05, 0.1) is 0 Å². The first kappa shape index (κ1) is 8.48. The first-order chi connectivity index (χ1) is 5.79. The van der Waals surface area contributed by atoms with Crippen LogP contribution in [0, 0.1) is 5.92 Å². The smallest absolute Gasteiger partial charge is 0.0350 e. The van der Waals surface area contributed by atoms with Crippen LogP contribution in [0.3, 0.4) is 0 Å². The maximum absolute atomic E-state index is 5.50. The monoisotopic (exact) mass is 169 g/mol. The summed E-state index contributed by atoms with van der Waals surface area (Å²) in [5.41, 5.74) is 5.50. The fourth-order valence-electron chi connectivity index (χ4n) is 2.22. The molecule has 0 atom stereocenters. The molecule has 0 saturated carbocycles. The van der Waals surface area contributed by atoms with Crippen LogP contribution in [-0.2, 0) is 0 Å². The van der Waals surface area contributed by atoms with Crippen molar-refractivity contribution in [3.63, 3.8) is 0 Å². The maximum atomic E-state index is 5.50. The van der Waals surface area contributed by atoms with Crippen LogP contribution in [0.2, 0.25) is 0 Å². The Labute approximate surface area is 74.5 Å². The SMILES string of the molecule is CN1CC(N2CC(CCN)C2)C1. The molecule has 0 aromatic carbocycles. The second-order valence-electron chi connectivity index (χ2n) is 4.27. The summed E-state index contributed by atoms with van der Waals surface area (Å²) in [6, 6.07) is 0.865. The molecule has 2 N–H and O–H groups in total. The Morgan fingerprint density at radius 3 is 2.42 bits per heavy atom. The topological polar surface area (TPSA) is 32.5 Å². The summed E-state index contributed by atoms with van der Waals surface area (Å²) in [5.74, 6) is 0.904. The van der Waals surface area contributed by atoms with Gasteiger partial charge in [0.2, 0.25) is 0 Å². The largest absolute Gasteiger partial charge is 0.330 e. The van der Waals surface area contributed by atoms with Crippen LogP contribution in [0.4, 0.5) is 0 Å². The minimum atomic E-state index is 0.864. The lowest BCUT2D eigenvalue weighted by Gasteiger charge is -2.51. The molecule has 2 rings (SSSR count). The molecule has 2 aliphatic rings. The first-order valence-corrected chi connectivity index (χ1v) is 4.92. The average molecular weight is 169 g/mol. The second kappa shape index (κ2) is 3.32. The molecular formula is C9H19N3. The summed E-state index contributed by atoms with van der Waals surface area (Å²) >= 11 is 0. The third-order valence-corrected chi connectivity index (χ3v) is 3.12. The van der Waals surface area contributed by atoms with Crippen LogP contribution in [-0.4, -0.2) is 55.6 Å². The summed E-state index contributed by atoms with van der Waals surface area (Å²) in [5, 5.41) is 0. The summed E-state index contributed by atoms with van der Waals surface area (Å²) in [6.45, 7) is 6.01. The van der Waals surface area contributed by atoms with Crippen LogP contribution in [0.25, 0.3) is 0 Å². The Hall–Kier alpha value is -0.120. The van der Waals surface area contributed by atoms with Gasteiger partial charge in [0.15, 0.2) is 0 Å². The molecule has 2 saturated heterocycles. The number of likely N-dealkylation sites (N-methyl/N-ethyl adjacent to an activating group) is 1. The molecule has 0 aliphatic carbocycles. The third kappa shape index (κ3) is 1.49. The predicted octanol–water partition coefficient (Wildman–Crippen LogP) is -0.419. The molecule has 0 amide bonds. The van der Waals surface area contributed by atoms with E-state index in [1.165, 1.54) is 32.6 Å². The third-order valence-electron chi connectivity index (χ3n) is 3.12. The highest BCUT2D eigenvalue weighted by molar-refractivity contribution is 4.92. The van der Waals surface area contributed by atoms with Crippen LogP contribution < -0.4 is 5.73 Å². The van der Waals surface area contributed by atoms with Gasteiger partial charge in [0.1, 0.15) is 0 Å². The number of nitrogens with two attached hydrogens (primary N) is 1. The molecule has 2 aliphatic heterocycles. The zero-order valence-corrected chi connectivity index (χ0v) is 7.87. The minimum Gasteiger partial charge on any atom is -0.330 e. The van der Waals surface area contributed by atoms with Crippen molar-refractivity contribution in [3.8, 4) is 0 Å². The Kier molecular flexibility index (Phi) is 2.35. The highest BCUT2D eigenvalue weighted by Crippen LogP contribution is 2.24. The lowest BCUT2D eigenvalue weighted by molar-refractivity contribution is -0.0219. The molecular weight excluding hydrogens is 150 g/mol. The molecule has 3 heteroatoms. The van der Waals surface area contributed by atoms with E-state index in [0.29, 0.717) is 0 Å². The van der Waals surface area contributed by atoms with E-state index in [0.717, 1.165) is 18.5 Å². The molecule has 70 valence electrons. The van der Waals surface area contributed by atoms with Crippen molar-refractivity contribution >= 4 is 0 Å². The molecule has 12 heavy (non-hydrogen) atoms. The second-order valence-corrected chi connectivity index (χ2v) is 4.27. The lowest BCUT2D eigenvalue weighted by atomic mass is 9.92. The normalized spacial score (nSPS) is 28.5. The van der Waals surface area contributed by atoms with Gasteiger partial charge >= 0.3 is 0 Å². The number of hydrogen-bond donors (Lipinski definition) is 1. The van der Waals surface area contributed by atoms with Crippen LogP contribution in [0.1, 0.15) is 6.42 Å². The van der Waals surface area contributed by atoms with Crippen molar-refractivity contribution in [2.75, 3.05) is 39.8 Å². The number of nitrogens with zero attached hydrogens (tertiary/aromatic N) is 2. The Morgan fingerprint density at radius 2 is 1.92 bits per heavy atom. The Balaban J connectivity index is 1.62. The predicted molar refractivity (Wildman–Crippen MR) is 50.0 cm³/mol. The van der Waals surface area contributed by atoms with Crippen LogP contribution in [0.5, 0.6) is 0 Å². The Bertz CT molecular complexity index is 148. The van der Waals surface area contributed by atoms with E-state index in [1.807, 2.05) is 0 Å². The summed E-state index contributed by atoms with van der Waals surface area (Å²) in [4.78, 5) is 4.97.